The molecule has 0 bridgehead atoms. The van der Waals surface area contributed by atoms with E-state index in [0.29, 0.717) is 5.56 Å². The van der Waals surface area contributed by atoms with Crippen LogP contribution in [0.4, 0.5) is 10.1 Å². The highest BCUT2D eigenvalue weighted by Crippen LogP contribution is 2.13. The number of carbonyl (C=O) groups is 2. The average molecular weight is 238 g/mol. The first kappa shape index (κ1) is 13.2. The van der Waals surface area contributed by atoms with Gasteiger partial charge in [0.2, 0.25) is 0 Å². The van der Waals surface area contributed by atoms with Gasteiger partial charge >= 0.3 is 11.8 Å². The van der Waals surface area contributed by atoms with Gasteiger partial charge < -0.3 is 10.6 Å². The highest BCUT2D eigenvalue weighted by atomic mass is 19.1. The fourth-order valence-electron chi connectivity index (χ4n) is 1.19. The smallest absolute Gasteiger partial charge is 0.313 e. The lowest BCUT2D eigenvalue weighted by atomic mass is 10.2. The van der Waals surface area contributed by atoms with Crippen LogP contribution in [0.3, 0.4) is 0 Å². The van der Waals surface area contributed by atoms with Crippen molar-refractivity contribution in [3.8, 4) is 0 Å². The number of amides is 2. The summed E-state index contributed by atoms with van der Waals surface area (Å²) < 4.78 is 13.2. The summed E-state index contributed by atoms with van der Waals surface area (Å²) in [6, 6.07) is 4.13. The predicted molar refractivity (Wildman–Crippen MR) is 63.0 cm³/mol. The number of rotatable bonds is 2. The molecular formula is C12H15FN2O2. The van der Waals surface area contributed by atoms with Gasteiger partial charge in [-0.15, -0.1) is 0 Å². The van der Waals surface area contributed by atoms with E-state index in [1.165, 1.54) is 12.1 Å². The van der Waals surface area contributed by atoms with E-state index in [4.69, 9.17) is 0 Å². The van der Waals surface area contributed by atoms with Crippen molar-refractivity contribution in [2.45, 2.75) is 26.8 Å². The quantitative estimate of drug-likeness (QED) is 0.769. The van der Waals surface area contributed by atoms with E-state index in [1.54, 1.807) is 26.8 Å². The van der Waals surface area contributed by atoms with Gasteiger partial charge in [0, 0.05) is 11.7 Å². The van der Waals surface area contributed by atoms with Crippen LogP contribution in [0, 0.1) is 12.7 Å². The Labute approximate surface area is 99.2 Å². The molecule has 17 heavy (non-hydrogen) atoms. The maximum atomic E-state index is 13.2. The summed E-state index contributed by atoms with van der Waals surface area (Å²) in [5.74, 6) is -1.96. The molecule has 1 aromatic rings. The summed E-state index contributed by atoms with van der Waals surface area (Å²) >= 11 is 0. The first-order chi connectivity index (χ1) is 7.90. The normalized spacial score (nSPS) is 10.2. The number of aryl methyl sites for hydroxylation is 1. The minimum absolute atomic E-state index is 0.122. The van der Waals surface area contributed by atoms with E-state index in [1.807, 2.05) is 0 Å². The second kappa shape index (κ2) is 5.43. The van der Waals surface area contributed by atoms with E-state index < -0.39 is 17.6 Å². The Morgan fingerprint density at radius 1 is 1.24 bits per heavy atom. The summed E-state index contributed by atoms with van der Waals surface area (Å²) in [5.41, 5.74) is 0.742. The molecule has 0 heterocycles. The molecule has 0 aromatic heterocycles. The van der Waals surface area contributed by atoms with Gasteiger partial charge in [0.25, 0.3) is 0 Å². The topological polar surface area (TPSA) is 58.2 Å². The van der Waals surface area contributed by atoms with Crippen molar-refractivity contribution in [3.63, 3.8) is 0 Å². The maximum Gasteiger partial charge on any atom is 0.313 e. The Bertz CT molecular complexity index is 444. The number of nitrogens with one attached hydrogen (secondary N) is 2. The zero-order chi connectivity index (χ0) is 13.0. The van der Waals surface area contributed by atoms with Crippen molar-refractivity contribution in [1.82, 2.24) is 5.32 Å². The van der Waals surface area contributed by atoms with Crippen LogP contribution in [-0.4, -0.2) is 17.9 Å². The number of anilines is 1. The van der Waals surface area contributed by atoms with Crippen LogP contribution in [0.25, 0.3) is 0 Å². The van der Waals surface area contributed by atoms with Crippen molar-refractivity contribution in [2.24, 2.45) is 0 Å². The van der Waals surface area contributed by atoms with Crippen LogP contribution in [0.5, 0.6) is 0 Å². The molecule has 1 aromatic carbocycles. The molecule has 0 radical (unpaired) electrons. The third-order valence-corrected chi connectivity index (χ3v) is 2.06. The van der Waals surface area contributed by atoms with Crippen molar-refractivity contribution >= 4 is 17.5 Å². The molecule has 4 nitrogen and oxygen atoms in total. The molecule has 0 saturated heterocycles. The molecule has 0 fully saturated rings. The minimum atomic E-state index is -0.804. The molecule has 0 saturated carbocycles. The molecule has 0 atom stereocenters. The number of carbonyl (C=O) groups excluding carboxylic acids is 2. The van der Waals surface area contributed by atoms with E-state index >= 15 is 0 Å². The summed E-state index contributed by atoms with van der Waals surface area (Å²) in [6.45, 7) is 5.11. The highest BCUT2D eigenvalue weighted by molar-refractivity contribution is 6.39. The molecule has 92 valence electrons. The lowest BCUT2D eigenvalue weighted by Crippen LogP contribution is -2.39. The summed E-state index contributed by atoms with van der Waals surface area (Å²) in [5, 5.41) is 4.77. The van der Waals surface area contributed by atoms with Gasteiger partial charge in [0.1, 0.15) is 5.82 Å². The van der Waals surface area contributed by atoms with Gasteiger partial charge in [-0.1, -0.05) is 6.07 Å². The summed E-state index contributed by atoms with van der Waals surface area (Å²) in [4.78, 5) is 22.7. The van der Waals surface area contributed by atoms with Crippen LogP contribution in [-0.2, 0) is 9.59 Å². The van der Waals surface area contributed by atoms with Crippen molar-refractivity contribution in [3.05, 3.63) is 29.6 Å². The fraction of sp³-hybridized carbons (Fsp3) is 0.333. The second-order valence-corrected chi connectivity index (χ2v) is 4.05. The van der Waals surface area contributed by atoms with E-state index in [0.717, 1.165) is 0 Å². The summed E-state index contributed by atoms with van der Waals surface area (Å²) in [7, 11) is 0. The SMILES string of the molecule is Cc1ccc(NC(=O)C(=O)NC(C)C)cc1F. The molecule has 0 aliphatic heterocycles. The first-order valence-electron chi connectivity index (χ1n) is 5.28. The third-order valence-electron chi connectivity index (χ3n) is 2.06. The molecule has 2 amide bonds. The highest BCUT2D eigenvalue weighted by Gasteiger charge is 2.14. The van der Waals surface area contributed by atoms with Gasteiger partial charge in [0.05, 0.1) is 0 Å². The number of benzene rings is 1. The van der Waals surface area contributed by atoms with Crippen molar-refractivity contribution < 1.29 is 14.0 Å². The number of hydrogen-bond acceptors (Lipinski definition) is 2. The molecule has 1 rings (SSSR count). The van der Waals surface area contributed by atoms with Crippen LogP contribution < -0.4 is 10.6 Å². The summed E-state index contributed by atoms with van der Waals surface area (Å²) in [6.07, 6.45) is 0. The minimum Gasteiger partial charge on any atom is -0.346 e. The van der Waals surface area contributed by atoms with Crippen molar-refractivity contribution in [2.75, 3.05) is 5.32 Å². The average Bonchev–Trinajstić information content (AvgIpc) is 2.22. The van der Waals surface area contributed by atoms with E-state index in [9.17, 15) is 14.0 Å². The standard InChI is InChI=1S/C12H15FN2O2/c1-7(2)14-11(16)12(17)15-9-5-4-8(3)10(13)6-9/h4-7H,1-3H3,(H,14,16)(H,15,17). The Kier molecular flexibility index (Phi) is 4.20. The maximum absolute atomic E-state index is 13.2. The lowest BCUT2D eigenvalue weighted by Gasteiger charge is -2.09. The Morgan fingerprint density at radius 3 is 2.41 bits per heavy atom. The van der Waals surface area contributed by atoms with Gasteiger partial charge in [-0.3, -0.25) is 9.59 Å². The third kappa shape index (κ3) is 3.86. The number of halogens is 1. The molecule has 2 N–H and O–H groups in total. The number of hydrogen-bond donors (Lipinski definition) is 2. The fourth-order valence-corrected chi connectivity index (χ4v) is 1.19. The molecule has 0 spiro atoms. The Hall–Kier alpha value is -1.91. The molecule has 0 unspecified atom stereocenters. The second-order valence-electron chi connectivity index (χ2n) is 4.05. The van der Waals surface area contributed by atoms with E-state index in [2.05, 4.69) is 10.6 Å². The monoisotopic (exact) mass is 238 g/mol. The van der Waals surface area contributed by atoms with E-state index in [-0.39, 0.29) is 11.7 Å². The van der Waals surface area contributed by atoms with Crippen LogP contribution >= 0.6 is 0 Å². The van der Waals surface area contributed by atoms with Crippen LogP contribution in [0.1, 0.15) is 19.4 Å². The zero-order valence-electron chi connectivity index (χ0n) is 10.0. The lowest BCUT2D eigenvalue weighted by molar-refractivity contribution is -0.136. The molecular weight excluding hydrogens is 223 g/mol. The van der Waals surface area contributed by atoms with Gasteiger partial charge in [-0.2, -0.15) is 0 Å². The first-order valence-corrected chi connectivity index (χ1v) is 5.28. The van der Waals surface area contributed by atoms with Gasteiger partial charge in [-0.05, 0) is 38.5 Å². The zero-order valence-corrected chi connectivity index (χ0v) is 10.0. The Balaban J connectivity index is 2.68. The van der Waals surface area contributed by atoms with Gasteiger partial charge in [-0.25, -0.2) is 4.39 Å². The molecule has 0 aliphatic carbocycles. The van der Waals surface area contributed by atoms with Gasteiger partial charge in [0.15, 0.2) is 0 Å². The largest absolute Gasteiger partial charge is 0.346 e. The van der Waals surface area contributed by atoms with Crippen molar-refractivity contribution in [1.29, 1.82) is 0 Å². The predicted octanol–water partition coefficient (Wildman–Crippen LogP) is 1.60. The molecule has 0 aliphatic rings. The Morgan fingerprint density at radius 2 is 1.88 bits per heavy atom. The molecule has 5 heteroatoms. The van der Waals surface area contributed by atoms with Crippen LogP contribution in [0.15, 0.2) is 18.2 Å². The van der Waals surface area contributed by atoms with Crippen LogP contribution in [0.2, 0.25) is 0 Å².